The Morgan fingerprint density at radius 2 is 1.07 bits per heavy atom. The van der Waals surface area contributed by atoms with Crippen LogP contribution in [0.15, 0.2) is 9.98 Å². The lowest BCUT2D eigenvalue weighted by atomic mass is 10.1. The monoisotopic (exact) mass is 414 g/mol. The van der Waals surface area contributed by atoms with Crippen LogP contribution in [-0.2, 0) is 0 Å². The highest BCUT2D eigenvalue weighted by molar-refractivity contribution is 5.73. The number of hydrogen-bond acceptors (Lipinski definition) is 2. The molecule has 0 saturated carbocycles. The van der Waals surface area contributed by atoms with Crippen molar-refractivity contribution in [2.75, 3.05) is 76.5 Å². The third kappa shape index (κ3) is 12.2. The summed E-state index contributed by atoms with van der Waals surface area (Å²) < 4.78 is 1.56. The summed E-state index contributed by atoms with van der Waals surface area (Å²) in [6, 6.07) is 0. The highest BCUT2D eigenvalue weighted by Crippen LogP contribution is 2.14. The predicted octanol–water partition coefficient (Wildman–Crippen LogP) is 3.99. The van der Waals surface area contributed by atoms with E-state index in [0.717, 1.165) is 28.0 Å². The first kappa shape index (κ1) is 30.1. The zero-order valence-corrected chi connectivity index (χ0v) is 22.4. The van der Waals surface area contributed by atoms with Gasteiger partial charge in [-0.3, -0.25) is 8.97 Å². The second kappa shape index (κ2) is 13.2. The number of aliphatic imine (C=N–C) groups is 2. The number of rotatable bonds is 6. The largest absolute Gasteiger partial charge is 0.311 e. The summed E-state index contributed by atoms with van der Waals surface area (Å²) in [5.74, 6) is 2.29. The van der Waals surface area contributed by atoms with Crippen LogP contribution in [0.2, 0.25) is 0 Å². The number of quaternary nitrogens is 2. The van der Waals surface area contributed by atoms with E-state index in [1.54, 1.807) is 0 Å². The maximum Gasteiger partial charge on any atom is 0.299 e. The Kier molecular flexibility index (Phi) is 13.7. The van der Waals surface area contributed by atoms with E-state index in [2.05, 4.69) is 104 Å². The van der Waals surface area contributed by atoms with Crippen molar-refractivity contribution in [1.29, 1.82) is 0 Å². The zero-order valence-electron chi connectivity index (χ0n) is 22.4. The lowest BCUT2D eigenvalue weighted by molar-refractivity contribution is -0.783. The Balaban J connectivity index is 0. The van der Waals surface area contributed by atoms with Gasteiger partial charge in [-0.25, -0.2) is 9.98 Å². The van der Waals surface area contributed by atoms with E-state index in [-0.39, 0.29) is 5.54 Å². The van der Waals surface area contributed by atoms with Crippen LogP contribution in [0.5, 0.6) is 0 Å². The van der Waals surface area contributed by atoms with Crippen molar-refractivity contribution in [2.24, 2.45) is 9.98 Å². The molecule has 0 atom stereocenters. The van der Waals surface area contributed by atoms with Gasteiger partial charge in [0.05, 0.1) is 42.3 Å². The van der Waals surface area contributed by atoms with Crippen LogP contribution >= 0.6 is 0 Å². The van der Waals surface area contributed by atoms with Crippen molar-refractivity contribution in [1.82, 2.24) is 9.80 Å². The second-order valence-electron chi connectivity index (χ2n) is 10.5. The van der Waals surface area contributed by atoms with Gasteiger partial charge in [0.2, 0.25) is 0 Å². The van der Waals surface area contributed by atoms with Crippen LogP contribution in [0.4, 0.5) is 0 Å². The van der Waals surface area contributed by atoms with Gasteiger partial charge in [-0.1, -0.05) is 26.7 Å². The lowest BCUT2D eigenvalue weighted by Gasteiger charge is -2.38. The second-order valence-corrected chi connectivity index (χ2v) is 10.5. The van der Waals surface area contributed by atoms with E-state index in [4.69, 9.17) is 0 Å². The Labute approximate surface area is 183 Å². The van der Waals surface area contributed by atoms with Crippen molar-refractivity contribution in [3.05, 3.63) is 0 Å². The molecule has 0 fully saturated rings. The fourth-order valence-corrected chi connectivity index (χ4v) is 3.08. The molecule has 6 heteroatoms. The number of guanidine groups is 2. The molecule has 0 N–H and O–H groups in total. The van der Waals surface area contributed by atoms with Crippen LogP contribution in [0, 0.1) is 0 Å². The van der Waals surface area contributed by atoms with E-state index >= 15 is 0 Å². The van der Waals surface area contributed by atoms with E-state index in [1.807, 2.05) is 14.1 Å². The van der Waals surface area contributed by atoms with Gasteiger partial charge in [0, 0.05) is 39.8 Å². The smallest absolute Gasteiger partial charge is 0.299 e. The topological polar surface area (TPSA) is 31.2 Å². The Hall–Kier alpha value is -1.14. The minimum atomic E-state index is 0.125. The maximum atomic E-state index is 4.48. The fraction of sp³-hybridized carbons (Fsp3) is 0.913. The van der Waals surface area contributed by atoms with Crippen LogP contribution in [0.3, 0.4) is 0 Å². The summed E-state index contributed by atoms with van der Waals surface area (Å²) in [6.45, 7) is 13.3. The third-order valence-electron chi connectivity index (χ3n) is 4.75. The average molecular weight is 415 g/mol. The summed E-state index contributed by atoms with van der Waals surface area (Å²) in [6.07, 6.45) is 5.00. The first-order chi connectivity index (χ1) is 13.1. The van der Waals surface area contributed by atoms with E-state index in [0.29, 0.717) is 0 Å². The first-order valence-corrected chi connectivity index (χ1v) is 11.1. The third-order valence-corrected chi connectivity index (χ3v) is 4.75. The maximum absolute atomic E-state index is 4.48. The standard InChI is InChI=1S/C13H30N3.C10H24N3/c1-7-9-11-15(12-10-8-2)13(14-3)16(4,5)6;1-10(2,3)12(5)9(11-4)13(6,7)8/h7-12H2,1-6H3;1-8H3/q2*+1/b14-13+;11-9+. The SMILES string of the molecule is C/N=C(\N(C)C(C)(C)C)[N+](C)(C)C.CCCCN(CCCC)/C(=N\C)[N+](C)(C)C. The quantitative estimate of drug-likeness (QED) is 0.374. The molecule has 0 aliphatic carbocycles. The fourth-order valence-electron chi connectivity index (χ4n) is 3.08. The molecular formula is C23H54N6+2. The molecule has 0 aliphatic heterocycles. The van der Waals surface area contributed by atoms with Crippen LogP contribution in [0.1, 0.15) is 60.3 Å². The van der Waals surface area contributed by atoms with Gasteiger partial charge in [0.25, 0.3) is 11.9 Å². The minimum Gasteiger partial charge on any atom is -0.311 e. The van der Waals surface area contributed by atoms with Crippen LogP contribution < -0.4 is 0 Å². The van der Waals surface area contributed by atoms with Gasteiger partial charge >= 0.3 is 0 Å². The normalized spacial score (nSPS) is 13.7. The molecule has 0 unspecified atom stereocenters. The van der Waals surface area contributed by atoms with Crippen molar-refractivity contribution in [3.63, 3.8) is 0 Å². The molecule has 0 heterocycles. The first-order valence-electron chi connectivity index (χ1n) is 11.1. The Morgan fingerprint density at radius 1 is 0.724 bits per heavy atom. The molecule has 174 valence electrons. The van der Waals surface area contributed by atoms with E-state index < -0.39 is 0 Å². The van der Waals surface area contributed by atoms with Gasteiger partial charge in [-0.05, 0) is 33.6 Å². The molecule has 0 aromatic carbocycles. The summed E-state index contributed by atoms with van der Waals surface area (Å²) >= 11 is 0. The van der Waals surface area contributed by atoms with E-state index in [9.17, 15) is 0 Å². The summed E-state index contributed by atoms with van der Waals surface area (Å²) in [4.78, 5) is 13.5. The Bertz CT molecular complexity index is 481. The minimum absolute atomic E-state index is 0.125. The average Bonchev–Trinajstić information content (AvgIpc) is 2.55. The molecule has 0 rings (SSSR count). The summed E-state index contributed by atoms with van der Waals surface area (Å²) in [5, 5.41) is 0. The van der Waals surface area contributed by atoms with Crippen molar-refractivity contribution in [3.8, 4) is 0 Å². The molecule has 0 radical (unpaired) electrons. The molecule has 29 heavy (non-hydrogen) atoms. The van der Waals surface area contributed by atoms with Gasteiger partial charge < -0.3 is 9.80 Å². The number of nitrogens with zero attached hydrogens (tertiary/aromatic N) is 6. The Morgan fingerprint density at radius 3 is 1.24 bits per heavy atom. The van der Waals surface area contributed by atoms with Crippen molar-refractivity contribution >= 4 is 11.9 Å². The van der Waals surface area contributed by atoms with E-state index in [1.165, 1.54) is 31.6 Å². The molecule has 0 amide bonds. The summed E-state index contributed by atoms with van der Waals surface area (Å²) in [7, 11) is 18.8. The van der Waals surface area contributed by atoms with Crippen LogP contribution in [-0.4, -0.2) is 113 Å². The molecular weight excluding hydrogens is 360 g/mol. The van der Waals surface area contributed by atoms with Gasteiger partial charge in [0.15, 0.2) is 0 Å². The zero-order chi connectivity index (χ0) is 23.5. The van der Waals surface area contributed by atoms with Gasteiger partial charge in [-0.2, -0.15) is 0 Å². The highest BCUT2D eigenvalue weighted by atomic mass is 15.5. The van der Waals surface area contributed by atoms with Gasteiger partial charge in [-0.15, -0.1) is 0 Å². The van der Waals surface area contributed by atoms with Crippen molar-refractivity contribution < 1.29 is 8.97 Å². The van der Waals surface area contributed by atoms with Gasteiger partial charge in [0.1, 0.15) is 0 Å². The molecule has 0 spiro atoms. The molecule has 6 nitrogen and oxygen atoms in total. The van der Waals surface area contributed by atoms with Crippen LogP contribution in [0.25, 0.3) is 0 Å². The molecule has 0 bridgehead atoms. The number of unbranched alkanes of at least 4 members (excludes halogenated alkanes) is 2. The molecule has 0 aromatic heterocycles. The molecule has 0 aromatic rings. The molecule has 0 aliphatic rings. The highest BCUT2D eigenvalue weighted by Gasteiger charge is 2.29. The molecule has 0 saturated heterocycles. The predicted molar refractivity (Wildman–Crippen MR) is 132 cm³/mol. The van der Waals surface area contributed by atoms with Crippen molar-refractivity contribution in [2.45, 2.75) is 65.8 Å². The summed E-state index contributed by atoms with van der Waals surface area (Å²) in [5.41, 5.74) is 0.125. The number of hydrogen-bond donors (Lipinski definition) is 0. The lowest BCUT2D eigenvalue weighted by Crippen LogP contribution is -2.55.